The summed E-state index contributed by atoms with van der Waals surface area (Å²) in [5.41, 5.74) is 0. The molecule has 20 heavy (non-hydrogen) atoms. The van der Waals surface area contributed by atoms with Crippen molar-refractivity contribution < 1.29 is 4.74 Å². The Hall–Kier alpha value is -0.0800. The lowest BCUT2D eigenvalue weighted by molar-refractivity contribution is 0.0944. The van der Waals surface area contributed by atoms with Gasteiger partial charge in [-0.25, -0.2) is 0 Å². The Morgan fingerprint density at radius 3 is 2.50 bits per heavy atom. The van der Waals surface area contributed by atoms with Gasteiger partial charge in [-0.15, -0.1) is 0 Å². The molecule has 1 heterocycles. The third-order valence-corrected chi connectivity index (χ3v) is 5.52. The Labute approximate surface area is 126 Å². The van der Waals surface area contributed by atoms with Crippen molar-refractivity contribution >= 4 is 0 Å². The molecule has 2 fully saturated rings. The molecular weight excluding hydrogens is 246 g/mol. The van der Waals surface area contributed by atoms with E-state index >= 15 is 0 Å². The van der Waals surface area contributed by atoms with E-state index in [9.17, 15) is 0 Å². The zero-order valence-electron chi connectivity index (χ0n) is 13.7. The van der Waals surface area contributed by atoms with E-state index in [1.807, 2.05) is 0 Å². The minimum absolute atomic E-state index is 0.563. The largest absolute Gasteiger partial charge is 0.378 e. The maximum Gasteiger partial charge on any atom is 0.0576 e. The second kappa shape index (κ2) is 9.04. The Bertz CT molecular complexity index is 242. The molecule has 2 rings (SSSR count). The van der Waals surface area contributed by atoms with Gasteiger partial charge in [0, 0.05) is 12.6 Å². The number of rotatable bonds is 8. The highest BCUT2D eigenvalue weighted by atomic mass is 16.5. The Morgan fingerprint density at radius 2 is 1.90 bits per heavy atom. The van der Waals surface area contributed by atoms with Crippen molar-refractivity contribution in [1.82, 2.24) is 5.32 Å². The maximum atomic E-state index is 5.80. The molecule has 1 aliphatic heterocycles. The average Bonchev–Trinajstić information content (AvgIpc) is 3.01. The van der Waals surface area contributed by atoms with Gasteiger partial charge in [0.25, 0.3) is 0 Å². The van der Waals surface area contributed by atoms with Crippen LogP contribution < -0.4 is 5.32 Å². The van der Waals surface area contributed by atoms with Gasteiger partial charge >= 0.3 is 0 Å². The number of ether oxygens (including phenoxy) is 1. The van der Waals surface area contributed by atoms with Crippen molar-refractivity contribution in [2.24, 2.45) is 11.8 Å². The van der Waals surface area contributed by atoms with E-state index in [-0.39, 0.29) is 0 Å². The summed E-state index contributed by atoms with van der Waals surface area (Å²) in [6.45, 7) is 6.82. The predicted molar refractivity (Wildman–Crippen MR) is 86.0 cm³/mol. The zero-order chi connectivity index (χ0) is 14.2. The highest BCUT2D eigenvalue weighted by molar-refractivity contribution is 4.83. The van der Waals surface area contributed by atoms with Crippen LogP contribution >= 0.6 is 0 Å². The molecule has 0 amide bonds. The standard InChI is InChI=1S/C18H35NO/c1-3-13-19-18(12-11-17-6-5-14-20-17)16-9-7-15(4-2)8-10-16/h15-19H,3-14H2,1-2H3. The van der Waals surface area contributed by atoms with Gasteiger partial charge in [0.1, 0.15) is 0 Å². The monoisotopic (exact) mass is 281 g/mol. The van der Waals surface area contributed by atoms with Gasteiger partial charge in [0.05, 0.1) is 6.10 Å². The molecule has 1 saturated heterocycles. The Kier molecular flexibility index (Phi) is 7.37. The molecule has 0 bridgehead atoms. The number of nitrogens with one attached hydrogen (secondary N) is 1. The summed E-state index contributed by atoms with van der Waals surface area (Å²) in [6.07, 6.45) is 14.2. The van der Waals surface area contributed by atoms with Crippen molar-refractivity contribution in [3.63, 3.8) is 0 Å². The molecule has 1 saturated carbocycles. The summed E-state index contributed by atoms with van der Waals surface area (Å²) in [4.78, 5) is 0. The molecule has 2 nitrogen and oxygen atoms in total. The SMILES string of the molecule is CCCNC(CCC1CCCO1)C1CCC(CC)CC1. The second-order valence-corrected chi connectivity index (χ2v) is 6.96. The molecule has 0 aromatic rings. The summed E-state index contributed by atoms with van der Waals surface area (Å²) in [5.74, 6) is 1.93. The lowest BCUT2D eigenvalue weighted by atomic mass is 9.76. The van der Waals surface area contributed by atoms with E-state index in [1.54, 1.807) is 0 Å². The Morgan fingerprint density at radius 1 is 1.10 bits per heavy atom. The minimum Gasteiger partial charge on any atom is -0.378 e. The summed E-state index contributed by atoms with van der Waals surface area (Å²) in [7, 11) is 0. The second-order valence-electron chi connectivity index (χ2n) is 6.96. The van der Waals surface area contributed by atoms with Crippen LogP contribution in [-0.2, 0) is 4.74 Å². The summed E-state index contributed by atoms with van der Waals surface area (Å²) < 4.78 is 5.80. The lowest BCUT2D eigenvalue weighted by Gasteiger charge is -2.34. The fourth-order valence-corrected chi connectivity index (χ4v) is 4.07. The van der Waals surface area contributed by atoms with Gasteiger partial charge in [0.15, 0.2) is 0 Å². The van der Waals surface area contributed by atoms with E-state index < -0.39 is 0 Å². The van der Waals surface area contributed by atoms with Gasteiger partial charge in [-0.3, -0.25) is 0 Å². The van der Waals surface area contributed by atoms with Crippen LogP contribution in [0.3, 0.4) is 0 Å². The van der Waals surface area contributed by atoms with Crippen LogP contribution in [0.1, 0.15) is 78.1 Å². The Balaban J connectivity index is 1.76. The van der Waals surface area contributed by atoms with Gasteiger partial charge in [-0.05, 0) is 63.3 Å². The number of hydrogen-bond donors (Lipinski definition) is 1. The first kappa shape index (κ1) is 16.3. The van der Waals surface area contributed by atoms with E-state index in [2.05, 4.69) is 19.2 Å². The maximum absolute atomic E-state index is 5.80. The first-order chi connectivity index (χ1) is 9.83. The molecule has 2 heteroatoms. The van der Waals surface area contributed by atoms with E-state index in [4.69, 9.17) is 4.74 Å². The van der Waals surface area contributed by atoms with Crippen molar-refractivity contribution in [3.8, 4) is 0 Å². The molecule has 2 unspecified atom stereocenters. The molecule has 0 radical (unpaired) electrons. The molecule has 0 aromatic heterocycles. The van der Waals surface area contributed by atoms with Gasteiger partial charge in [-0.2, -0.15) is 0 Å². The van der Waals surface area contributed by atoms with Gasteiger partial charge in [-0.1, -0.05) is 33.1 Å². The predicted octanol–water partition coefficient (Wildman–Crippen LogP) is 4.53. The van der Waals surface area contributed by atoms with Crippen LogP contribution in [0.2, 0.25) is 0 Å². The van der Waals surface area contributed by atoms with Crippen molar-refractivity contribution in [1.29, 1.82) is 0 Å². The smallest absolute Gasteiger partial charge is 0.0576 e. The molecule has 2 aliphatic rings. The normalized spacial score (nSPS) is 32.4. The quantitative estimate of drug-likeness (QED) is 0.706. The van der Waals surface area contributed by atoms with Crippen LogP contribution in [0.5, 0.6) is 0 Å². The average molecular weight is 281 g/mol. The third kappa shape index (κ3) is 5.04. The zero-order valence-corrected chi connectivity index (χ0v) is 13.7. The van der Waals surface area contributed by atoms with Crippen LogP contribution in [0.25, 0.3) is 0 Å². The van der Waals surface area contributed by atoms with Crippen molar-refractivity contribution in [2.75, 3.05) is 13.2 Å². The van der Waals surface area contributed by atoms with Gasteiger partial charge < -0.3 is 10.1 Å². The fraction of sp³-hybridized carbons (Fsp3) is 1.00. The van der Waals surface area contributed by atoms with E-state index in [0.717, 1.165) is 24.5 Å². The van der Waals surface area contributed by atoms with Crippen molar-refractivity contribution in [3.05, 3.63) is 0 Å². The number of hydrogen-bond acceptors (Lipinski definition) is 2. The van der Waals surface area contributed by atoms with Crippen LogP contribution in [0.4, 0.5) is 0 Å². The lowest BCUT2D eigenvalue weighted by Crippen LogP contribution is -2.39. The first-order valence-electron chi connectivity index (χ1n) is 9.18. The highest BCUT2D eigenvalue weighted by Crippen LogP contribution is 2.34. The molecule has 0 spiro atoms. The van der Waals surface area contributed by atoms with Gasteiger partial charge in [0.2, 0.25) is 0 Å². The van der Waals surface area contributed by atoms with Crippen LogP contribution in [0.15, 0.2) is 0 Å². The first-order valence-corrected chi connectivity index (χ1v) is 9.18. The van der Waals surface area contributed by atoms with E-state index in [1.165, 1.54) is 70.8 Å². The fourth-order valence-electron chi connectivity index (χ4n) is 4.07. The van der Waals surface area contributed by atoms with E-state index in [0.29, 0.717) is 6.10 Å². The van der Waals surface area contributed by atoms with Crippen molar-refractivity contribution in [2.45, 2.75) is 90.2 Å². The third-order valence-electron chi connectivity index (χ3n) is 5.52. The molecule has 1 aliphatic carbocycles. The molecule has 0 aromatic carbocycles. The topological polar surface area (TPSA) is 21.3 Å². The summed E-state index contributed by atoms with van der Waals surface area (Å²) in [6, 6.07) is 0.747. The highest BCUT2D eigenvalue weighted by Gasteiger charge is 2.27. The van der Waals surface area contributed by atoms with Crippen LogP contribution in [-0.4, -0.2) is 25.3 Å². The molecule has 118 valence electrons. The molecule has 2 atom stereocenters. The summed E-state index contributed by atoms with van der Waals surface area (Å²) >= 11 is 0. The van der Waals surface area contributed by atoms with Crippen LogP contribution in [0, 0.1) is 11.8 Å². The summed E-state index contributed by atoms with van der Waals surface area (Å²) in [5, 5.41) is 3.84. The minimum atomic E-state index is 0.563. The molecule has 1 N–H and O–H groups in total. The molecular formula is C18H35NO.